The third-order valence-corrected chi connectivity index (χ3v) is 4.11. The number of benzene rings is 1. The molecule has 0 atom stereocenters. The number of hydrogen-bond acceptors (Lipinski definition) is 4. The summed E-state index contributed by atoms with van der Waals surface area (Å²) in [6.45, 7) is 3.88. The van der Waals surface area contributed by atoms with Crippen LogP contribution >= 0.6 is 11.6 Å². The summed E-state index contributed by atoms with van der Waals surface area (Å²) in [5.74, 6) is -2.56. The number of nitrogens with zero attached hydrogens (tertiary/aromatic N) is 4. The Morgan fingerprint density at radius 2 is 1.93 bits per heavy atom. The van der Waals surface area contributed by atoms with E-state index in [9.17, 15) is 18.0 Å². The first-order valence-electron chi connectivity index (χ1n) is 7.74. The van der Waals surface area contributed by atoms with E-state index in [4.69, 9.17) is 11.6 Å². The van der Waals surface area contributed by atoms with E-state index in [1.165, 1.54) is 4.68 Å². The summed E-state index contributed by atoms with van der Waals surface area (Å²) in [5, 5.41) is 11.5. The van der Waals surface area contributed by atoms with Crippen LogP contribution in [0.15, 0.2) is 24.3 Å². The Morgan fingerprint density at radius 1 is 1.26 bits per heavy atom. The fourth-order valence-electron chi connectivity index (χ4n) is 2.39. The topological polar surface area (TPSA) is 88.5 Å². The predicted octanol–water partition coefficient (Wildman–Crippen LogP) is 3.59. The average Bonchev–Trinajstić information content (AvgIpc) is 3.14. The number of carbonyl (C=O) groups excluding carboxylic acids is 1. The SMILES string of the molecule is Cc1ccc(Cn2nc(C)c(C(=O)Nc3n[nH]c(C(F)(F)F)n3)c2Cl)cc1. The maximum atomic E-state index is 12.5. The Bertz CT molecular complexity index is 977. The minimum absolute atomic E-state index is 0.0436. The largest absolute Gasteiger partial charge is 0.451 e. The molecule has 142 valence electrons. The lowest BCUT2D eigenvalue weighted by Gasteiger charge is -2.05. The van der Waals surface area contributed by atoms with Gasteiger partial charge in [-0.3, -0.25) is 15.2 Å². The zero-order valence-corrected chi connectivity index (χ0v) is 15.0. The van der Waals surface area contributed by atoms with Gasteiger partial charge in [-0.05, 0) is 19.4 Å². The summed E-state index contributed by atoms with van der Waals surface area (Å²) in [7, 11) is 0. The average molecular weight is 399 g/mol. The van der Waals surface area contributed by atoms with Gasteiger partial charge in [0.2, 0.25) is 11.8 Å². The molecule has 0 radical (unpaired) electrons. The summed E-state index contributed by atoms with van der Waals surface area (Å²) in [4.78, 5) is 15.6. The van der Waals surface area contributed by atoms with Gasteiger partial charge >= 0.3 is 6.18 Å². The number of aromatic amines is 1. The number of halogens is 4. The van der Waals surface area contributed by atoms with Crippen LogP contribution in [0.25, 0.3) is 0 Å². The lowest BCUT2D eigenvalue weighted by molar-refractivity contribution is -0.144. The van der Waals surface area contributed by atoms with Crippen molar-refractivity contribution in [2.45, 2.75) is 26.6 Å². The van der Waals surface area contributed by atoms with Crippen LogP contribution in [0.3, 0.4) is 0 Å². The van der Waals surface area contributed by atoms with Gasteiger partial charge in [0.05, 0.1) is 17.8 Å². The van der Waals surface area contributed by atoms with E-state index in [-0.39, 0.29) is 10.7 Å². The van der Waals surface area contributed by atoms with Crippen LogP contribution in [0.4, 0.5) is 19.1 Å². The Balaban J connectivity index is 1.80. The van der Waals surface area contributed by atoms with Gasteiger partial charge in [-0.15, -0.1) is 5.10 Å². The van der Waals surface area contributed by atoms with Crippen LogP contribution < -0.4 is 5.32 Å². The Hall–Kier alpha value is -2.88. The van der Waals surface area contributed by atoms with E-state index in [0.29, 0.717) is 12.2 Å². The van der Waals surface area contributed by atoms with E-state index >= 15 is 0 Å². The van der Waals surface area contributed by atoms with Gasteiger partial charge < -0.3 is 0 Å². The molecule has 1 amide bonds. The Kier molecular flexibility index (Phi) is 4.92. The normalized spacial score (nSPS) is 11.6. The molecule has 3 aromatic rings. The number of aromatic nitrogens is 5. The molecule has 0 aliphatic rings. The molecule has 0 unspecified atom stereocenters. The van der Waals surface area contributed by atoms with Crippen molar-refractivity contribution in [3.63, 3.8) is 0 Å². The highest BCUT2D eigenvalue weighted by atomic mass is 35.5. The number of nitrogens with one attached hydrogen (secondary N) is 2. The molecule has 0 aliphatic carbocycles. The fourth-order valence-corrected chi connectivity index (χ4v) is 2.71. The first kappa shape index (κ1) is 18.9. The van der Waals surface area contributed by atoms with Gasteiger partial charge in [-0.2, -0.15) is 23.3 Å². The van der Waals surface area contributed by atoms with Crippen LogP contribution in [0.1, 0.15) is 33.0 Å². The second kappa shape index (κ2) is 7.03. The van der Waals surface area contributed by atoms with Gasteiger partial charge in [0.25, 0.3) is 5.91 Å². The first-order chi connectivity index (χ1) is 12.6. The molecule has 2 heterocycles. The molecule has 0 bridgehead atoms. The molecular formula is C16H14ClF3N6O. The maximum absolute atomic E-state index is 12.5. The molecule has 2 aromatic heterocycles. The van der Waals surface area contributed by atoms with Gasteiger partial charge in [0.1, 0.15) is 5.15 Å². The molecule has 1 aromatic carbocycles. The van der Waals surface area contributed by atoms with Crippen molar-refractivity contribution in [2.24, 2.45) is 0 Å². The van der Waals surface area contributed by atoms with Crippen molar-refractivity contribution in [3.8, 4) is 0 Å². The second-order valence-corrected chi connectivity index (χ2v) is 6.21. The van der Waals surface area contributed by atoms with Crippen LogP contribution in [0.5, 0.6) is 0 Å². The summed E-state index contributed by atoms with van der Waals surface area (Å²) in [5.41, 5.74) is 2.41. The fraction of sp³-hybridized carbons (Fsp3) is 0.250. The summed E-state index contributed by atoms with van der Waals surface area (Å²) in [6.07, 6.45) is -4.69. The quantitative estimate of drug-likeness (QED) is 0.703. The van der Waals surface area contributed by atoms with E-state index in [0.717, 1.165) is 11.1 Å². The van der Waals surface area contributed by atoms with Crippen molar-refractivity contribution in [1.82, 2.24) is 25.0 Å². The molecule has 2 N–H and O–H groups in total. The van der Waals surface area contributed by atoms with Gasteiger partial charge in [-0.25, -0.2) is 4.68 Å². The standard InChI is InChI=1S/C16H14ClF3N6O/c1-8-3-5-10(6-4-8)7-26-12(17)11(9(2)25-26)13(27)21-15-22-14(23-24-15)16(18,19)20/h3-6H,7H2,1-2H3,(H2,21,22,23,24,27). The van der Waals surface area contributed by atoms with Crippen molar-refractivity contribution >= 4 is 23.5 Å². The number of carbonyl (C=O) groups is 1. The van der Waals surface area contributed by atoms with Crippen molar-refractivity contribution in [3.05, 3.63) is 57.6 Å². The van der Waals surface area contributed by atoms with E-state index < -0.39 is 23.9 Å². The maximum Gasteiger partial charge on any atom is 0.451 e. The number of alkyl halides is 3. The highest BCUT2D eigenvalue weighted by Gasteiger charge is 2.35. The van der Waals surface area contributed by atoms with Crippen LogP contribution in [0.2, 0.25) is 5.15 Å². The van der Waals surface area contributed by atoms with E-state index in [1.807, 2.05) is 31.2 Å². The molecule has 0 saturated carbocycles. The molecule has 0 aliphatic heterocycles. The molecule has 0 spiro atoms. The van der Waals surface area contributed by atoms with E-state index in [2.05, 4.69) is 20.5 Å². The van der Waals surface area contributed by atoms with Gasteiger partial charge in [0.15, 0.2) is 0 Å². The molecule has 11 heteroatoms. The number of amides is 1. The molecule has 27 heavy (non-hydrogen) atoms. The summed E-state index contributed by atoms with van der Waals surface area (Å²) < 4.78 is 39.1. The third-order valence-electron chi connectivity index (χ3n) is 3.72. The summed E-state index contributed by atoms with van der Waals surface area (Å²) in [6, 6.07) is 7.70. The summed E-state index contributed by atoms with van der Waals surface area (Å²) >= 11 is 6.26. The highest BCUT2D eigenvalue weighted by Crippen LogP contribution is 2.27. The smallest absolute Gasteiger partial charge is 0.289 e. The minimum atomic E-state index is -4.69. The lowest BCUT2D eigenvalue weighted by atomic mass is 10.1. The number of aryl methyl sites for hydroxylation is 2. The minimum Gasteiger partial charge on any atom is -0.289 e. The van der Waals surface area contributed by atoms with Crippen molar-refractivity contribution in [1.29, 1.82) is 0 Å². The molecule has 7 nitrogen and oxygen atoms in total. The monoisotopic (exact) mass is 398 g/mol. The highest BCUT2D eigenvalue weighted by molar-refractivity contribution is 6.33. The predicted molar refractivity (Wildman–Crippen MR) is 91.6 cm³/mol. The van der Waals surface area contributed by atoms with Crippen molar-refractivity contribution in [2.75, 3.05) is 5.32 Å². The Morgan fingerprint density at radius 3 is 2.52 bits per heavy atom. The zero-order chi connectivity index (χ0) is 19.8. The first-order valence-corrected chi connectivity index (χ1v) is 8.12. The Labute approximate surface area is 156 Å². The van der Waals surface area contributed by atoms with E-state index in [1.54, 1.807) is 12.0 Å². The molecular weight excluding hydrogens is 385 g/mol. The van der Waals surface area contributed by atoms with Crippen LogP contribution in [-0.4, -0.2) is 30.9 Å². The van der Waals surface area contributed by atoms with Crippen LogP contribution in [0, 0.1) is 13.8 Å². The third kappa shape index (κ3) is 4.11. The van der Waals surface area contributed by atoms with Gasteiger partial charge in [0, 0.05) is 0 Å². The number of hydrogen-bond donors (Lipinski definition) is 2. The number of rotatable bonds is 4. The van der Waals surface area contributed by atoms with Crippen LogP contribution in [-0.2, 0) is 12.7 Å². The zero-order valence-electron chi connectivity index (χ0n) is 14.2. The second-order valence-electron chi connectivity index (χ2n) is 5.85. The molecule has 0 saturated heterocycles. The van der Waals surface area contributed by atoms with Crippen molar-refractivity contribution < 1.29 is 18.0 Å². The number of anilines is 1. The molecule has 0 fully saturated rings. The lowest BCUT2D eigenvalue weighted by Crippen LogP contribution is -2.15. The molecule has 3 rings (SSSR count). The number of H-pyrrole nitrogens is 1. The van der Waals surface area contributed by atoms with Gasteiger partial charge in [-0.1, -0.05) is 41.4 Å².